The van der Waals surface area contributed by atoms with Crippen LogP contribution in [-0.4, -0.2) is 27.0 Å². The predicted octanol–water partition coefficient (Wildman–Crippen LogP) is 4.41. The van der Waals surface area contributed by atoms with Crippen LogP contribution < -0.4 is 10.6 Å². The number of aryl methyl sites for hydroxylation is 1. The molecule has 2 saturated carbocycles. The van der Waals surface area contributed by atoms with E-state index in [0.29, 0.717) is 47.2 Å². The minimum absolute atomic E-state index is 0.307. The average molecular weight is 355 g/mol. The van der Waals surface area contributed by atoms with Crippen molar-refractivity contribution in [1.29, 1.82) is 0 Å². The molecule has 2 N–H and O–H groups in total. The summed E-state index contributed by atoms with van der Waals surface area (Å²) >= 11 is 0. The molecule has 1 heterocycles. The third-order valence-electron chi connectivity index (χ3n) is 5.37. The van der Waals surface area contributed by atoms with Gasteiger partial charge in [-0.15, -0.1) is 0 Å². The first kappa shape index (κ1) is 17.2. The quantitative estimate of drug-likeness (QED) is 0.770. The predicted molar refractivity (Wildman–Crippen MR) is 102 cm³/mol. The van der Waals surface area contributed by atoms with E-state index in [2.05, 4.69) is 39.4 Å². The smallest absolute Gasteiger partial charge is 0.228 e. The van der Waals surface area contributed by atoms with Crippen LogP contribution >= 0.6 is 0 Å². The molecule has 0 amide bonds. The monoisotopic (exact) mass is 355 g/mol. The van der Waals surface area contributed by atoms with Crippen LogP contribution in [0.15, 0.2) is 18.2 Å². The van der Waals surface area contributed by atoms with E-state index >= 15 is 0 Å². The van der Waals surface area contributed by atoms with E-state index < -0.39 is 0 Å². The second kappa shape index (κ2) is 6.82. The maximum atomic E-state index is 14.4. The number of benzene rings is 1. The summed E-state index contributed by atoms with van der Waals surface area (Å²) < 4.78 is 14.4. The van der Waals surface area contributed by atoms with Gasteiger partial charge in [-0.2, -0.15) is 15.0 Å². The molecule has 2 fully saturated rings. The molecule has 2 atom stereocenters. The Balaban J connectivity index is 1.67. The topological polar surface area (TPSA) is 62.7 Å². The molecule has 0 unspecified atom stereocenters. The zero-order valence-corrected chi connectivity index (χ0v) is 15.6. The molecule has 6 heteroatoms. The summed E-state index contributed by atoms with van der Waals surface area (Å²) in [6.45, 7) is 6.23. The SMILES string of the molecule is Cc1ccc(F)c(-c2nc(N[C@H](C)C3CC3)nc(N[C@H](C)C3CC3)n2)c1. The fraction of sp³-hybridized carbons (Fsp3) is 0.550. The average Bonchev–Trinajstić information content (AvgIpc) is 3.49. The van der Waals surface area contributed by atoms with Gasteiger partial charge in [-0.05, 0) is 70.4 Å². The second-order valence-corrected chi connectivity index (χ2v) is 7.83. The highest BCUT2D eigenvalue weighted by molar-refractivity contribution is 5.60. The molecule has 0 saturated heterocycles. The number of aromatic nitrogens is 3. The van der Waals surface area contributed by atoms with E-state index in [1.165, 1.54) is 31.7 Å². The molecule has 2 aromatic rings. The van der Waals surface area contributed by atoms with Gasteiger partial charge in [0.1, 0.15) is 5.82 Å². The first-order valence-corrected chi connectivity index (χ1v) is 9.55. The van der Waals surface area contributed by atoms with Gasteiger partial charge < -0.3 is 10.6 Å². The van der Waals surface area contributed by atoms with E-state index in [1.807, 2.05) is 6.92 Å². The van der Waals surface area contributed by atoms with Crippen molar-refractivity contribution in [2.45, 2.75) is 58.5 Å². The van der Waals surface area contributed by atoms with Crippen molar-refractivity contribution >= 4 is 11.9 Å². The number of anilines is 2. The van der Waals surface area contributed by atoms with Gasteiger partial charge in [-0.25, -0.2) is 4.39 Å². The summed E-state index contributed by atoms with van der Waals surface area (Å²) in [5.74, 6) is 2.43. The van der Waals surface area contributed by atoms with Gasteiger partial charge >= 0.3 is 0 Å². The highest BCUT2D eigenvalue weighted by atomic mass is 19.1. The number of nitrogens with one attached hydrogen (secondary N) is 2. The van der Waals surface area contributed by atoms with Crippen molar-refractivity contribution in [2.75, 3.05) is 10.6 Å². The Morgan fingerprint density at radius 3 is 1.96 bits per heavy atom. The highest BCUT2D eigenvalue weighted by Crippen LogP contribution is 2.35. The van der Waals surface area contributed by atoms with Crippen LogP contribution in [-0.2, 0) is 0 Å². The third-order valence-corrected chi connectivity index (χ3v) is 5.37. The summed E-state index contributed by atoms with van der Waals surface area (Å²) in [4.78, 5) is 13.6. The normalized spacial score (nSPS) is 19.1. The number of nitrogens with zero attached hydrogens (tertiary/aromatic N) is 3. The lowest BCUT2D eigenvalue weighted by atomic mass is 10.1. The molecule has 2 aliphatic carbocycles. The number of hydrogen-bond donors (Lipinski definition) is 2. The molecule has 2 aliphatic rings. The first-order valence-electron chi connectivity index (χ1n) is 9.55. The highest BCUT2D eigenvalue weighted by Gasteiger charge is 2.30. The standard InChI is InChI=1S/C20H26FN5/c1-11-4-9-17(21)16(10-11)18-24-19(22-12(2)14-5-6-14)26-20(25-18)23-13(3)15-7-8-15/h4,9-10,12-15H,5-8H2,1-3H3,(H2,22,23,24,25,26)/t12-,13-/m1/s1. The summed E-state index contributed by atoms with van der Waals surface area (Å²) in [5, 5.41) is 6.76. The first-order chi connectivity index (χ1) is 12.5. The fourth-order valence-electron chi connectivity index (χ4n) is 3.27. The number of halogens is 1. The van der Waals surface area contributed by atoms with Crippen LogP contribution in [0.3, 0.4) is 0 Å². The van der Waals surface area contributed by atoms with Crippen LogP contribution in [0, 0.1) is 24.6 Å². The summed E-state index contributed by atoms with van der Waals surface area (Å²) in [6, 6.07) is 5.62. The number of rotatable bonds is 7. The minimum Gasteiger partial charge on any atom is -0.351 e. The molecule has 5 nitrogen and oxygen atoms in total. The summed E-state index contributed by atoms with van der Waals surface area (Å²) in [5.41, 5.74) is 1.39. The Hall–Kier alpha value is -2.24. The van der Waals surface area contributed by atoms with Crippen molar-refractivity contribution in [1.82, 2.24) is 15.0 Å². The maximum Gasteiger partial charge on any atom is 0.228 e. The van der Waals surface area contributed by atoms with Crippen LogP contribution in [0.4, 0.5) is 16.3 Å². The van der Waals surface area contributed by atoms with Crippen molar-refractivity contribution in [3.8, 4) is 11.4 Å². The lowest BCUT2D eigenvalue weighted by molar-refractivity contribution is 0.629. The van der Waals surface area contributed by atoms with E-state index in [9.17, 15) is 4.39 Å². The Kier molecular flexibility index (Phi) is 4.51. The molecular weight excluding hydrogens is 329 g/mol. The number of hydrogen-bond acceptors (Lipinski definition) is 5. The van der Waals surface area contributed by atoms with Crippen LogP contribution in [0.2, 0.25) is 0 Å². The maximum absolute atomic E-state index is 14.4. The molecule has 1 aromatic heterocycles. The van der Waals surface area contributed by atoms with Crippen LogP contribution in [0.5, 0.6) is 0 Å². The van der Waals surface area contributed by atoms with Crippen molar-refractivity contribution in [3.05, 3.63) is 29.6 Å². The van der Waals surface area contributed by atoms with Crippen molar-refractivity contribution in [3.63, 3.8) is 0 Å². The molecule has 0 radical (unpaired) electrons. The molecule has 4 rings (SSSR count). The molecule has 1 aromatic carbocycles. The lowest BCUT2D eigenvalue weighted by Gasteiger charge is -2.17. The molecular formula is C20H26FN5. The minimum atomic E-state index is -0.316. The zero-order chi connectivity index (χ0) is 18.3. The Bertz CT molecular complexity index is 763. The van der Waals surface area contributed by atoms with Gasteiger partial charge in [0, 0.05) is 12.1 Å². The fourth-order valence-corrected chi connectivity index (χ4v) is 3.27. The van der Waals surface area contributed by atoms with Gasteiger partial charge in [-0.1, -0.05) is 11.6 Å². The van der Waals surface area contributed by atoms with E-state index in [0.717, 1.165) is 5.56 Å². The van der Waals surface area contributed by atoms with Crippen molar-refractivity contribution in [2.24, 2.45) is 11.8 Å². The van der Waals surface area contributed by atoms with Gasteiger partial charge in [-0.3, -0.25) is 0 Å². The van der Waals surface area contributed by atoms with Gasteiger partial charge in [0.05, 0.1) is 5.56 Å². The molecule has 0 aliphatic heterocycles. The molecule has 26 heavy (non-hydrogen) atoms. The Morgan fingerprint density at radius 1 is 0.923 bits per heavy atom. The third kappa shape index (κ3) is 3.94. The van der Waals surface area contributed by atoms with Crippen LogP contribution in [0.25, 0.3) is 11.4 Å². The van der Waals surface area contributed by atoms with Gasteiger partial charge in [0.25, 0.3) is 0 Å². The summed E-state index contributed by atoms with van der Waals surface area (Å²) in [6.07, 6.45) is 4.95. The van der Waals surface area contributed by atoms with Gasteiger partial charge in [0.2, 0.25) is 11.9 Å². The Morgan fingerprint density at radius 2 is 1.46 bits per heavy atom. The van der Waals surface area contributed by atoms with Crippen molar-refractivity contribution < 1.29 is 4.39 Å². The molecule has 0 spiro atoms. The summed E-state index contributed by atoms with van der Waals surface area (Å²) in [7, 11) is 0. The van der Waals surface area contributed by atoms with E-state index in [1.54, 1.807) is 12.1 Å². The van der Waals surface area contributed by atoms with Gasteiger partial charge in [0.15, 0.2) is 5.82 Å². The van der Waals surface area contributed by atoms with E-state index in [-0.39, 0.29) is 5.82 Å². The molecule has 0 bridgehead atoms. The van der Waals surface area contributed by atoms with Crippen LogP contribution in [0.1, 0.15) is 45.1 Å². The van der Waals surface area contributed by atoms with E-state index in [4.69, 9.17) is 0 Å². The lowest BCUT2D eigenvalue weighted by Crippen LogP contribution is -2.23. The zero-order valence-electron chi connectivity index (χ0n) is 15.6. The molecule has 138 valence electrons. The largest absolute Gasteiger partial charge is 0.351 e. The second-order valence-electron chi connectivity index (χ2n) is 7.83. The Labute approximate surface area is 153 Å².